The zero-order valence-electron chi connectivity index (χ0n) is 20.2. The van der Waals surface area contributed by atoms with E-state index in [1.54, 1.807) is 34.6 Å². The van der Waals surface area contributed by atoms with Crippen LogP contribution in [0.2, 0.25) is 0 Å². The van der Waals surface area contributed by atoms with Gasteiger partial charge < -0.3 is 23.7 Å². The highest BCUT2D eigenvalue weighted by atomic mass is 16.7. The minimum Gasteiger partial charge on any atom is -0.493 e. The lowest BCUT2D eigenvalue weighted by molar-refractivity contribution is -0.162. The van der Waals surface area contributed by atoms with E-state index in [1.165, 1.54) is 26.3 Å². The van der Waals surface area contributed by atoms with Crippen LogP contribution in [0.1, 0.15) is 58.5 Å². The molecule has 0 aliphatic carbocycles. The molecule has 1 aromatic heterocycles. The molecule has 0 saturated carbocycles. The summed E-state index contributed by atoms with van der Waals surface area (Å²) >= 11 is 0. The van der Waals surface area contributed by atoms with Crippen molar-refractivity contribution in [3.8, 4) is 11.5 Å². The van der Waals surface area contributed by atoms with E-state index in [0.717, 1.165) is 0 Å². The van der Waals surface area contributed by atoms with Crippen LogP contribution in [-0.4, -0.2) is 55.3 Å². The van der Waals surface area contributed by atoms with Gasteiger partial charge in [-0.3, -0.25) is 19.2 Å². The molecule has 0 fully saturated rings. The van der Waals surface area contributed by atoms with Gasteiger partial charge in [-0.05, 0) is 6.92 Å². The van der Waals surface area contributed by atoms with Crippen LogP contribution in [0.3, 0.4) is 0 Å². The van der Waals surface area contributed by atoms with Crippen molar-refractivity contribution in [3.63, 3.8) is 0 Å². The second kappa shape index (κ2) is 13.4. The largest absolute Gasteiger partial charge is 0.493 e. The van der Waals surface area contributed by atoms with Crippen molar-refractivity contribution >= 4 is 23.7 Å². The van der Waals surface area contributed by atoms with Crippen LogP contribution in [0.25, 0.3) is 0 Å². The lowest BCUT2D eigenvalue weighted by Crippen LogP contribution is -2.27. The lowest BCUT2D eigenvalue weighted by atomic mass is 10.0. The van der Waals surface area contributed by atoms with Gasteiger partial charge >= 0.3 is 17.9 Å². The number of Topliss-reactive ketones (excluding diaryl/α,β-unsaturated/α-hetero) is 1. The van der Waals surface area contributed by atoms with Gasteiger partial charge in [0.1, 0.15) is 12.7 Å². The summed E-state index contributed by atoms with van der Waals surface area (Å²) in [6.07, 6.45) is 0.495. The van der Waals surface area contributed by atoms with Crippen molar-refractivity contribution in [3.05, 3.63) is 18.0 Å². The van der Waals surface area contributed by atoms with Crippen LogP contribution in [0.15, 0.2) is 12.3 Å². The molecule has 0 saturated heterocycles. The first kappa shape index (κ1) is 27.9. The van der Waals surface area contributed by atoms with E-state index in [-0.39, 0.29) is 42.1 Å². The van der Waals surface area contributed by atoms with Crippen LogP contribution in [0.5, 0.6) is 11.5 Å². The van der Waals surface area contributed by atoms with E-state index in [1.807, 2.05) is 0 Å². The molecular formula is C23H33NO9. The lowest BCUT2D eigenvalue weighted by Gasteiger charge is -2.18. The maximum Gasteiger partial charge on any atom is 0.311 e. The molecule has 0 aromatic carbocycles. The number of hydrogen-bond donors (Lipinski definition) is 0. The Hall–Kier alpha value is -3.17. The van der Waals surface area contributed by atoms with Crippen molar-refractivity contribution in [1.29, 1.82) is 0 Å². The average molecular weight is 468 g/mol. The molecule has 0 amide bonds. The minimum atomic E-state index is -0.791. The number of methoxy groups -OCH3 is 1. The number of ether oxygens (including phenoxy) is 5. The maximum atomic E-state index is 12.8. The molecule has 10 heteroatoms. The predicted molar refractivity (Wildman–Crippen MR) is 117 cm³/mol. The van der Waals surface area contributed by atoms with E-state index in [2.05, 4.69) is 4.98 Å². The topological polar surface area (TPSA) is 127 Å². The SMILES string of the molecule is COc1ccnc(C(=O)C[C@@H](C)C(=O)O[C@@H](C)COC(=O)C(C)C)c1OCOC(=O)C(C)C. The van der Waals surface area contributed by atoms with Gasteiger partial charge in [0.15, 0.2) is 23.0 Å². The number of carbonyl (C=O) groups excluding carboxylic acids is 4. The van der Waals surface area contributed by atoms with Crippen LogP contribution >= 0.6 is 0 Å². The molecule has 0 radical (unpaired) electrons. The Labute approximate surface area is 193 Å². The summed E-state index contributed by atoms with van der Waals surface area (Å²) in [7, 11) is 1.39. The molecule has 10 nitrogen and oxygen atoms in total. The second-order valence-electron chi connectivity index (χ2n) is 8.13. The fourth-order valence-electron chi connectivity index (χ4n) is 2.42. The van der Waals surface area contributed by atoms with Crippen molar-refractivity contribution in [2.75, 3.05) is 20.5 Å². The molecule has 0 N–H and O–H groups in total. The third-order valence-electron chi connectivity index (χ3n) is 4.37. The van der Waals surface area contributed by atoms with Gasteiger partial charge in [-0.1, -0.05) is 34.6 Å². The van der Waals surface area contributed by atoms with Gasteiger partial charge in [0.25, 0.3) is 0 Å². The molecule has 1 heterocycles. The first-order valence-corrected chi connectivity index (χ1v) is 10.7. The molecule has 1 aromatic rings. The quantitative estimate of drug-likeness (QED) is 0.185. The van der Waals surface area contributed by atoms with Gasteiger partial charge in [-0.15, -0.1) is 0 Å². The van der Waals surface area contributed by atoms with E-state index in [9.17, 15) is 19.2 Å². The monoisotopic (exact) mass is 467 g/mol. The summed E-state index contributed by atoms with van der Waals surface area (Å²) in [6, 6.07) is 1.49. The number of carbonyl (C=O) groups is 4. The standard InChI is InChI=1S/C23H33NO9/c1-13(2)21(26)30-11-16(6)33-23(28)15(5)10-17(25)19-20(18(29-7)8-9-24-19)31-12-32-22(27)14(3)4/h8-9,13-16H,10-12H2,1-7H3/t15-,16+/m1/s1. The molecular weight excluding hydrogens is 434 g/mol. The van der Waals surface area contributed by atoms with Crippen LogP contribution < -0.4 is 9.47 Å². The highest BCUT2D eigenvalue weighted by Gasteiger charge is 2.26. The first-order chi connectivity index (χ1) is 15.5. The average Bonchev–Trinajstić information content (AvgIpc) is 2.76. The van der Waals surface area contributed by atoms with E-state index >= 15 is 0 Å². The summed E-state index contributed by atoms with van der Waals surface area (Å²) < 4.78 is 26.0. The number of hydrogen-bond acceptors (Lipinski definition) is 10. The van der Waals surface area contributed by atoms with Gasteiger partial charge in [0, 0.05) is 18.7 Å². The summed E-state index contributed by atoms with van der Waals surface area (Å²) in [5, 5.41) is 0. The third kappa shape index (κ3) is 9.07. The number of ketones is 1. The van der Waals surface area contributed by atoms with E-state index < -0.39 is 42.5 Å². The third-order valence-corrected chi connectivity index (χ3v) is 4.37. The number of aromatic nitrogens is 1. The van der Waals surface area contributed by atoms with Crippen LogP contribution in [-0.2, 0) is 28.6 Å². The van der Waals surface area contributed by atoms with Gasteiger partial charge in [0.05, 0.1) is 24.9 Å². The van der Waals surface area contributed by atoms with Crippen molar-refractivity contribution in [2.24, 2.45) is 17.8 Å². The van der Waals surface area contributed by atoms with Crippen molar-refractivity contribution in [2.45, 2.75) is 54.1 Å². The molecule has 0 spiro atoms. The van der Waals surface area contributed by atoms with Gasteiger partial charge in [-0.25, -0.2) is 4.98 Å². The number of nitrogens with zero attached hydrogens (tertiary/aromatic N) is 1. The Kier molecular flexibility index (Phi) is 11.3. The number of rotatable bonds is 13. The van der Waals surface area contributed by atoms with Crippen molar-refractivity contribution in [1.82, 2.24) is 4.98 Å². The summed E-state index contributed by atoms with van der Waals surface area (Å²) in [4.78, 5) is 52.4. The molecule has 0 aliphatic heterocycles. The summed E-state index contributed by atoms with van der Waals surface area (Å²) in [5.74, 6) is -3.14. The molecule has 33 heavy (non-hydrogen) atoms. The fraction of sp³-hybridized carbons (Fsp3) is 0.609. The molecule has 0 aliphatic rings. The highest BCUT2D eigenvalue weighted by molar-refractivity contribution is 5.99. The van der Waals surface area contributed by atoms with Crippen molar-refractivity contribution < 1.29 is 42.9 Å². The Bertz CT molecular complexity index is 835. The van der Waals surface area contributed by atoms with Crippen LogP contribution in [0, 0.1) is 17.8 Å². The predicted octanol–water partition coefficient (Wildman–Crippen LogP) is 2.97. The Morgan fingerprint density at radius 1 is 0.909 bits per heavy atom. The zero-order valence-corrected chi connectivity index (χ0v) is 20.2. The van der Waals surface area contributed by atoms with Crippen LogP contribution in [0.4, 0.5) is 0 Å². The summed E-state index contributed by atoms with van der Waals surface area (Å²) in [5.41, 5.74) is -0.0616. The van der Waals surface area contributed by atoms with Gasteiger partial charge in [0.2, 0.25) is 6.79 Å². The fourth-order valence-corrected chi connectivity index (χ4v) is 2.42. The Morgan fingerprint density at radius 2 is 1.52 bits per heavy atom. The van der Waals surface area contributed by atoms with E-state index in [0.29, 0.717) is 0 Å². The van der Waals surface area contributed by atoms with E-state index in [4.69, 9.17) is 23.7 Å². The maximum absolute atomic E-state index is 12.8. The van der Waals surface area contributed by atoms with Gasteiger partial charge in [-0.2, -0.15) is 0 Å². The minimum absolute atomic E-state index is 0.0103. The normalized spacial score (nSPS) is 12.6. The highest BCUT2D eigenvalue weighted by Crippen LogP contribution is 2.31. The smallest absolute Gasteiger partial charge is 0.311 e. The molecule has 1 rings (SSSR count). The molecule has 0 bridgehead atoms. The second-order valence-corrected chi connectivity index (χ2v) is 8.13. The number of esters is 3. The first-order valence-electron chi connectivity index (χ1n) is 10.7. The number of pyridine rings is 1. The Balaban J connectivity index is 2.77. The molecule has 0 unspecified atom stereocenters. The molecule has 2 atom stereocenters. The zero-order chi connectivity index (χ0) is 25.1. The summed E-state index contributed by atoms with van der Waals surface area (Å²) in [6.45, 7) is 9.39. The molecule has 184 valence electrons. The Morgan fingerprint density at radius 3 is 2.09 bits per heavy atom.